The molecular weight excluding hydrogens is 258 g/mol. The fraction of sp³-hybridized carbons (Fsp3) is 0.667. The van der Waals surface area contributed by atoms with Gasteiger partial charge in [0.25, 0.3) is 0 Å². The third-order valence-electron chi connectivity index (χ3n) is 3.89. The van der Waals surface area contributed by atoms with Crippen LogP contribution < -0.4 is 4.90 Å². The van der Waals surface area contributed by atoms with E-state index in [1.807, 2.05) is 0 Å². The Labute approximate surface area is 121 Å². The molecule has 2 rings (SSSR count). The van der Waals surface area contributed by atoms with Crippen molar-refractivity contribution in [1.29, 1.82) is 0 Å². The second kappa shape index (κ2) is 6.58. The van der Waals surface area contributed by atoms with Crippen LogP contribution in [0.4, 0.5) is 5.82 Å². The zero-order valence-electron chi connectivity index (χ0n) is 12.2. The Morgan fingerprint density at radius 1 is 1.42 bits per heavy atom. The second-order valence-electron chi connectivity index (χ2n) is 5.52. The Kier molecular flexibility index (Phi) is 5.06. The molecule has 0 amide bonds. The molecule has 4 heteroatoms. The third-order valence-corrected chi connectivity index (χ3v) is 4.20. The van der Waals surface area contributed by atoms with Crippen LogP contribution in [-0.2, 0) is 12.3 Å². The summed E-state index contributed by atoms with van der Waals surface area (Å²) >= 11 is 5.99. The van der Waals surface area contributed by atoms with Crippen molar-refractivity contribution >= 4 is 17.4 Å². The predicted molar refractivity (Wildman–Crippen MR) is 82.1 cm³/mol. The number of anilines is 1. The minimum Gasteiger partial charge on any atom is -0.355 e. The molecule has 0 radical (unpaired) electrons. The smallest absolute Gasteiger partial charge is 0.129 e. The molecule has 1 unspecified atom stereocenters. The Bertz CT molecular complexity index is 398. The zero-order chi connectivity index (χ0) is 13.8. The molecule has 0 N–H and O–H groups in total. The van der Waals surface area contributed by atoms with Crippen LogP contribution in [0.2, 0.25) is 0 Å². The number of hydrogen-bond acceptors (Lipinski definition) is 3. The first-order valence-electron chi connectivity index (χ1n) is 7.11. The van der Waals surface area contributed by atoms with E-state index in [4.69, 9.17) is 16.6 Å². The maximum Gasteiger partial charge on any atom is 0.129 e. The average Bonchev–Trinajstić information content (AvgIpc) is 2.46. The summed E-state index contributed by atoms with van der Waals surface area (Å²) in [5.41, 5.74) is 2.32. The first-order valence-corrected chi connectivity index (χ1v) is 7.64. The van der Waals surface area contributed by atoms with E-state index in [1.165, 1.54) is 18.4 Å². The summed E-state index contributed by atoms with van der Waals surface area (Å²) in [5, 5.41) is 0. The highest BCUT2D eigenvalue weighted by Crippen LogP contribution is 2.22. The molecule has 2 heterocycles. The maximum atomic E-state index is 5.99. The number of nitrogens with zero attached hydrogens (tertiary/aromatic N) is 3. The van der Waals surface area contributed by atoms with Crippen molar-refractivity contribution < 1.29 is 0 Å². The average molecular weight is 282 g/mol. The Balaban J connectivity index is 2.20. The number of aromatic nitrogens is 1. The van der Waals surface area contributed by atoms with Crippen LogP contribution in [0.1, 0.15) is 31.0 Å². The summed E-state index contributed by atoms with van der Waals surface area (Å²) < 4.78 is 0. The molecule has 19 heavy (non-hydrogen) atoms. The number of pyridine rings is 1. The minimum atomic E-state index is 0.563. The van der Waals surface area contributed by atoms with Crippen molar-refractivity contribution in [2.24, 2.45) is 0 Å². The van der Waals surface area contributed by atoms with E-state index in [-0.39, 0.29) is 0 Å². The van der Waals surface area contributed by atoms with E-state index in [0.717, 1.165) is 31.0 Å². The Morgan fingerprint density at radius 3 is 2.84 bits per heavy atom. The summed E-state index contributed by atoms with van der Waals surface area (Å²) in [5.74, 6) is 1.66. The molecule has 3 nitrogen and oxygen atoms in total. The molecular formula is C15H24ClN3. The molecule has 0 bridgehead atoms. The number of halogens is 1. The van der Waals surface area contributed by atoms with Crippen LogP contribution in [0.15, 0.2) is 12.1 Å². The lowest BCUT2D eigenvalue weighted by molar-refractivity contribution is 0.257. The highest BCUT2D eigenvalue weighted by Gasteiger charge is 2.22. The van der Waals surface area contributed by atoms with E-state index in [9.17, 15) is 0 Å². The number of aryl methyl sites for hydroxylation is 1. The van der Waals surface area contributed by atoms with Gasteiger partial charge in [-0.1, -0.05) is 6.92 Å². The number of piperidine rings is 1. The van der Waals surface area contributed by atoms with Gasteiger partial charge in [-0.25, -0.2) is 4.98 Å². The fourth-order valence-corrected chi connectivity index (χ4v) is 2.79. The van der Waals surface area contributed by atoms with Gasteiger partial charge in [-0.05, 0) is 51.1 Å². The SMILES string of the molecule is CCc1cc(CCl)cc(N2CCCC(N(C)C)C2)n1. The highest BCUT2D eigenvalue weighted by molar-refractivity contribution is 6.17. The lowest BCUT2D eigenvalue weighted by Gasteiger charge is -2.37. The highest BCUT2D eigenvalue weighted by atomic mass is 35.5. The quantitative estimate of drug-likeness (QED) is 0.791. The van der Waals surface area contributed by atoms with Crippen LogP contribution in [0.3, 0.4) is 0 Å². The molecule has 1 aliphatic rings. The molecule has 0 spiro atoms. The molecule has 0 saturated carbocycles. The molecule has 0 aliphatic carbocycles. The molecule has 1 aromatic rings. The monoisotopic (exact) mass is 281 g/mol. The van der Waals surface area contributed by atoms with Crippen LogP contribution in [-0.4, -0.2) is 43.1 Å². The van der Waals surface area contributed by atoms with Crippen molar-refractivity contribution in [3.8, 4) is 0 Å². The van der Waals surface area contributed by atoms with Gasteiger partial charge in [0.2, 0.25) is 0 Å². The third kappa shape index (κ3) is 3.61. The molecule has 1 saturated heterocycles. The lowest BCUT2D eigenvalue weighted by Crippen LogP contribution is -2.45. The van der Waals surface area contributed by atoms with Crippen molar-refractivity contribution in [3.63, 3.8) is 0 Å². The largest absolute Gasteiger partial charge is 0.355 e. The normalized spacial score (nSPS) is 20.1. The number of rotatable bonds is 4. The van der Waals surface area contributed by atoms with Gasteiger partial charge in [0, 0.05) is 30.7 Å². The minimum absolute atomic E-state index is 0.563. The Morgan fingerprint density at radius 2 is 2.21 bits per heavy atom. The zero-order valence-corrected chi connectivity index (χ0v) is 13.0. The predicted octanol–water partition coefficient (Wildman–Crippen LogP) is 2.91. The van der Waals surface area contributed by atoms with Crippen molar-refractivity contribution in [2.45, 2.75) is 38.1 Å². The molecule has 106 valence electrons. The first-order chi connectivity index (χ1) is 9.13. The van der Waals surface area contributed by atoms with Crippen LogP contribution in [0.5, 0.6) is 0 Å². The summed E-state index contributed by atoms with van der Waals surface area (Å²) in [6.45, 7) is 4.31. The van der Waals surface area contributed by atoms with E-state index in [0.29, 0.717) is 11.9 Å². The summed E-state index contributed by atoms with van der Waals surface area (Å²) in [7, 11) is 4.32. The van der Waals surface area contributed by atoms with Gasteiger partial charge in [-0.2, -0.15) is 0 Å². The van der Waals surface area contributed by atoms with E-state index in [2.05, 4.69) is 43.0 Å². The molecule has 1 atom stereocenters. The number of alkyl halides is 1. The number of likely N-dealkylation sites (N-methyl/N-ethyl adjacent to an activating group) is 1. The van der Waals surface area contributed by atoms with Gasteiger partial charge in [0.05, 0.1) is 0 Å². The maximum absolute atomic E-state index is 5.99. The standard InChI is InChI=1S/C15H24ClN3/c1-4-13-8-12(10-16)9-15(17-13)19-7-5-6-14(11-19)18(2)3/h8-9,14H,4-7,10-11H2,1-3H3. The molecule has 0 aromatic carbocycles. The van der Waals surface area contributed by atoms with Crippen molar-refractivity contribution in [1.82, 2.24) is 9.88 Å². The van der Waals surface area contributed by atoms with Gasteiger partial charge in [-0.3, -0.25) is 0 Å². The van der Waals surface area contributed by atoms with E-state index < -0.39 is 0 Å². The Hall–Kier alpha value is -0.800. The van der Waals surface area contributed by atoms with Gasteiger partial charge >= 0.3 is 0 Å². The van der Waals surface area contributed by atoms with E-state index in [1.54, 1.807) is 0 Å². The second-order valence-corrected chi connectivity index (χ2v) is 5.79. The summed E-state index contributed by atoms with van der Waals surface area (Å²) in [6.07, 6.45) is 3.47. The fourth-order valence-electron chi connectivity index (χ4n) is 2.64. The van der Waals surface area contributed by atoms with Crippen molar-refractivity contribution in [3.05, 3.63) is 23.4 Å². The van der Waals surface area contributed by atoms with Crippen molar-refractivity contribution in [2.75, 3.05) is 32.1 Å². The van der Waals surface area contributed by atoms with Gasteiger partial charge in [0.15, 0.2) is 0 Å². The number of hydrogen-bond donors (Lipinski definition) is 0. The summed E-state index contributed by atoms with van der Waals surface area (Å²) in [6, 6.07) is 4.88. The van der Waals surface area contributed by atoms with Crippen LogP contribution >= 0.6 is 11.6 Å². The molecule has 1 aromatic heterocycles. The van der Waals surface area contributed by atoms with Gasteiger partial charge in [0.1, 0.15) is 5.82 Å². The van der Waals surface area contributed by atoms with Crippen LogP contribution in [0.25, 0.3) is 0 Å². The molecule has 1 fully saturated rings. The van der Waals surface area contributed by atoms with E-state index >= 15 is 0 Å². The summed E-state index contributed by atoms with van der Waals surface area (Å²) in [4.78, 5) is 9.49. The molecule has 1 aliphatic heterocycles. The first kappa shape index (κ1) is 14.6. The van der Waals surface area contributed by atoms with Gasteiger partial charge < -0.3 is 9.80 Å². The van der Waals surface area contributed by atoms with Crippen LogP contribution in [0, 0.1) is 0 Å². The van der Waals surface area contributed by atoms with Gasteiger partial charge in [-0.15, -0.1) is 11.6 Å². The lowest BCUT2D eigenvalue weighted by atomic mass is 10.0. The topological polar surface area (TPSA) is 19.4 Å².